The summed E-state index contributed by atoms with van der Waals surface area (Å²) in [6, 6.07) is 16.7. The fourth-order valence-corrected chi connectivity index (χ4v) is 8.05. The van der Waals surface area contributed by atoms with Gasteiger partial charge in [-0.2, -0.15) is 4.57 Å². The molecule has 5 nitrogen and oxygen atoms in total. The highest BCUT2D eigenvalue weighted by Gasteiger charge is 2.26. The lowest BCUT2D eigenvalue weighted by Crippen LogP contribution is -2.37. The second-order valence-electron chi connectivity index (χ2n) is 8.37. The number of aryl methyl sites for hydroxylation is 1. The van der Waals surface area contributed by atoms with Crippen molar-refractivity contribution in [1.82, 2.24) is 4.57 Å². The van der Waals surface area contributed by atoms with E-state index in [4.69, 9.17) is 4.74 Å². The smallest absolute Gasteiger partial charge is 0.271 e. The largest absolute Gasteiger partial charge is 0.376 e. The molecule has 2 aromatic carbocycles. The fraction of sp³-hybridized carbons (Fsp3) is 0.280. The SMILES string of the molecule is CN1C(=c2sc(=Cc3sc4ccccc4[n+]3C)n(CC3CCCO3)c2=O)Sc2ccccc21. The van der Waals surface area contributed by atoms with Crippen LogP contribution >= 0.6 is 34.4 Å². The molecule has 168 valence electrons. The Labute approximate surface area is 203 Å². The van der Waals surface area contributed by atoms with Crippen LogP contribution in [-0.2, 0) is 18.3 Å². The molecule has 4 heterocycles. The van der Waals surface area contributed by atoms with Crippen molar-refractivity contribution < 1.29 is 9.30 Å². The number of para-hydroxylation sites is 2. The summed E-state index contributed by atoms with van der Waals surface area (Å²) in [4.78, 5) is 17.1. The van der Waals surface area contributed by atoms with Gasteiger partial charge in [0.2, 0.25) is 5.52 Å². The zero-order valence-electron chi connectivity index (χ0n) is 18.5. The number of aromatic nitrogens is 2. The third-order valence-corrected chi connectivity index (χ3v) is 9.92. The molecule has 1 atom stereocenters. The summed E-state index contributed by atoms with van der Waals surface area (Å²) in [5, 5.41) is 2.14. The summed E-state index contributed by atoms with van der Waals surface area (Å²) < 4.78 is 13.1. The number of fused-ring (bicyclic) bond motifs is 2. The maximum Gasteiger partial charge on any atom is 0.271 e. The van der Waals surface area contributed by atoms with Gasteiger partial charge in [-0.15, -0.1) is 11.3 Å². The van der Waals surface area contributed by atoms with E-state index in [0.29, 0.717) is 6.54 Å². The minimum absolute atomic E-state index is 0.0765. The van der Waals surface area contributed by atoms with Crippen molar-refractivity contribution in [2.75, 3.05) is 18.6 Å². The summed E-state index contributed by atoms with van der Waals surface area (Å²) in [6.07, 6.45) is 4.34. The maximum absolute atomic E-state index is 13.7. The third-order valence-electron chi connectivity index (χ3n) is 6.27. The summed E-state index contributed by atoms with van der Waals surface area (Å²) in [7, 11) is 4.14. The molecule has 0 radical (unpaired) electrons. The van der Waals surface area contributed by atoms with Gasteiger partial charge in [-0.25, -0.2) is 0 Å². The molecule has 1 fully saturated rings. The van der Waals surface area contributed by atoms with Crippen LogP contribution in [0.15, 0.2) is 58.2 Å². The Morgan fingerprint density at radius 1 is 1.15 bits per heavy atom. The molecule has 8 heteroatoms. The van der Waals surface area contributed by atoms with Crippen LogP contribution in [0.5, 0.6) is 0 Å². The van der Waals surface area contributed by atoms with Gasteiger partial charge < -0.3 is 9.64 Å². The van der Waals surface area contributed by atoms with E-state index in [9.17, 15) is 4.79 Å². The number of benzene rings is 2. The molecule has 0 bridgehead atoms. The highest BCUT2D eigenvalue weighted by atomic mass is 32.2. The summed E-state index contributed by atoms with van der Waals surface area (Å²) in [5.41, 5.74) is 2.43. The lowest BCUT2D eigenvalue weighted by atomic mass is 10.2. The van der Waals surface area contributed by atoms with Crippen molar-refractivity contribution in [2.24, 2.45) is 7.05 Å². The Hall–Kier alpha value is -2.39. The minimum Gasteiger partial charge on any atom is -0.376 e. The zero-order chi connectivity index (χ0) is 22.5. The summed E-state index contributed by atoms with van der Waals surface area (Å²) >= 11 is 5.02. The number of anilines is 1. The summed E-state index contributed by atoms with van der Waals surface area (Å²) in [6.45, 7) is 1.39. The first-order valence-corrected chi connectivity index (χ1v) is 13.5. The molecule has 0 spiro atoms. The van der Waals surface area contributed by atoms with E-state index in [-0.39, 0.29) is 11.7 Å². The number of thioether (sulfide) groups is 1. The van der Waals surface area contributed by atoms with Gasteiger partial charge in [0.25, 0.3) is 10.6 Å². The average molecular weight is 495 g/mol. The molecule has 2 aliphatic rings. The van der Waals surface area contributed by atoms with Crippen LogP contribution in [0.1, 0.15) is 17.8 Å². The average Bonchev–Trinajstić information content (AvgIpc) is 3.59. The van der Waals surface area contributed by atoms with E-state index >= 15 is 0 Å². The van der Waals surface area contributed by atoms with Crippen molar-refractivity contribution in [1.29, 1.82) is 0 Å². The minimum atomic E-state index is 0.0765. The zero-order valence-corrected chi connectivity index (χ0v) is 20.9. The van der Waals surface area contributed by atoms with Crippen LogP contribution in [0.4, 0.5) is 5.69 Å². The predicted molar refractivity (Wildman–Crippen MR) is 137 cm³/mol. The number of hydrogen-bond acceptors (Lipinski definition) is 6. The van der Waals surface area contributed by atoms with E-state index in [0.717, 1.165) is 44.4 Å². The van der Waals surface area contributed by atoms with Crippen LogP contribution in [0.3, 0.4) is 0 Å². The van der Waals surface area contributed by atoms with Gasteiger partial charge in [0.15, 0.2) is 0 Å². The molecular weight excluding hydrogens is 470 g/mol. The number of nitrogens with zero attached hydrogens (tertiary/aromatic N) is 3. The number of ether oxygens (including phenoxy) is 1. The van der Waals surface area contributed by atoms with E-state index in [1.54, 1.807) is 34.4 Å². The van der Waals surface area contributed by atoms with E-state index in [1.165, 1.54) is 15.1 Å². The second-order valence-corrected chi connectivity index (χ2v) is 11.5. The van der Waals surface area contributed by atoms with Crippen molar-refractivity contribution in [3.63, 3.8) is 0 Å². The molecule has 1 saturated heterocycles. The number of rotatable bonds is 3. The molecule has 0 aliphatic carbocycles. The van der Waals surface area contributed by atoms with Crippen molar-refractivity contribution in [2.45, 2.75) is 30.4 Å². The molecule has 2 aliphatic heterocycles. The van der Waals surface area contributed by atoms with Crippen molar-refractivity contribution in [3.05, 3.63) is 73.1 Å². The molecule has 6 rings (SSSR count). The molecular formula is C25H24N3O2S3+. The van der Waals surface area contributed by atoms with Gasteiger partial charge in [0.05, 0.1) is 24.4 Å². The molecule has 0 amide bonds. The lowest BCUT2D eigenvalue weighted by molar-refractivity contribution is -0.642. The lowest BCUT2D eigenvalue weighted by Gasteiger charge is -2.12. The van der Waals surface area contributed by atoms with Gasteiger partial charge in [-0.1, -0.05) is 47.4 Å². The number of hydrogen-bond donors (Lipinski definition) is 0. The Balaban J connectivity index is 1.56. The van der Waals surface area contributed by atoms with Gasteiger partial charge in [-0.05, 0) is 31.0 Å². The molecule has 33 heavy (non-hydrogen) atoms. The van der Waals surface area contributed by atoms with Gasteiger partial charge >= 0.3 is 0 Å². The van der Waals surface area contributed by atoms with Crippen molar-refractivity contribution >= 4 is 61.4 Å². The van der Waals surface area contributed by atoms with E-state index < -0.39 is 0 Å². The van der Waals surface area contributed by atoms with Crippen LogP contribution < -0.4 is 24.2 Å². The molecule has 0 saturated carbocycles. The topological polar surface area (TPSA) is 38.4 Å². The Morgan fingerprint density at radius 2 is 1.97 bits per heavy atom. The highest BCUT2D eigenvalue weighted by Crippen LogP contribution is 2.44. The first-order chi connectivity index (χ1) is 16.1. The number of thiazole rings is 2. The predicted octanol–water partition coefficient (Wildman–Crippen LogP) is 3.26. The Morgan fingerprint density at radius 3 is 2.76 bits per heavy atom. The van der Waals surface area contributed by atoms with E-state index in [1.807, 2.05) is 23.7 Å². The Bertz CT molecular complexity index is 1540. The van der Waals surface area contributed by atoms with Crippen molar-refractivity contribution in [3.8, 4) is 0 Å². The van der Waals surface area contributed by atoms with Gasteiger partial charge in [0, 0.05) is 24.6 Å². The quantitative estimate of drug-likeness (QED) is 0.410. The van der Waals surface area contributed by atoms with Crippen LogP contribution in [-0.4, -0.2) is 24.3 Å². The fourth-order valence-electron chi connectivity index (χ4n) is 4.49. The monoisotopic (exact) mass is 494 g/mol. The molecule has 0 N–H and O–H groups in total. The van der Waals surface area contributed by atoms with Gasteiger partial charge in [-0.3, -0.25) is 9.36 Å². The Kier molecular flexibility index (Phi) is 5.41. The second kappa shape index (κ2) is 8.43. The van der Waals surface area contributed by atoms with Crippen LogP contribution in [0.2, 0.25) is 0 Å². The maximum atomic E-state index is 13.7. The molecule has 4 aromatic rings. The highest BCUT2D eigenvalue weighted by molar-refractivity contribution is 8.08. The molecule has 2 aromatic heterocycles. The first-order valence-electron chi connectivity index (χ1n) is 11.1. The third kappa shape index (κ3) is 3.65. The standard InChI is InChI=1S/C25H24N3O2S3/c1-26-17-9-3-5-11-19(17)31-21(26)14-22-28(15-16-8-7-13-30-16)24(29)23(33-22)25-27(2)18-10-4-6-12-20(18)32-25/h3-6,9-12,14,16H,7-8,13,15H2,1-2H3/q+1. The van der Waals surface area contributed by atoms with Gasteiger partial charge in [0.1, 0.15) is 26.0 Å². The summed E-state index contributed by atoms with van der Waals surface area (Å²) in [5.74, 6) is 0. The van der Waals surface area contributed by atoms with Crippen LogP contribution in [0, 0.1) is 0 Å². The molecule has 1 unspecified atom stereocenters. The van der Waals surface area contributed by atoms with E-state index in [2.05, 4.69) is 59.0 Å². The normalized spacial score (nSPS) is 20.2. The first kappa shape index (κ1) is 21.2. The van der Waals surface area contributed by atoms with Crippen LogP contribution in [0.25, 0.3) is 21.3 Å².